The van der Waals surface area contributed by atoms with Gasteiger partial charge in [0.2, 0.25) is 0 Å². The Kier molecular flexibility index (Phi) is 6.73. The number of anilines is 1. The molecule has 39 heavy (non-hydrogen) atoms. The fourth-order valence-corrected chi connectivity index (χ4v) is 5.66. The Bertz CT molecular complexity index is 1740. The summed E-state index contributed by atoms with van der Waals surface area (Å²) in [5, 5.41) is 12.2. The number of hydrogen-bond acceptors (Lipinski definition) is 6. The third-order valence-corrected chi connectivity index (χ3v) is 7.55. The van der Waals surface area contributed by atoms with E-state index in [9.17, 15) is 18.4 Å². The fraction of sp³-hybridized carbons (Fsp3) is 0.222. The van der Waals surface area contributed by atoms with Crippen LogP contribution in [0.15, 0.2) is 42.6 Å². The third-order valence-electron chi connectivity index (χ3n) is 6.45. The Balaban J connectivity index is 1.70. The minimum atomic E-state index is -2.85. The number of para-hydroxylation sites is 1. The van der Waals surface area contributed by atoms with E-state index in [1.165, 1.54) is 6.07 Å². The number of alkyl halides is 2. The molecule has 2 amide bonds. The van der Waals surface area contributed by atoms with Gasteiger partial charge in [-0.05, 0) is 51.5 Å². The van der Waals surface area contributed by atoms with Crippen LogP contribution in [0.2, 0.25) is 0 Å². The standard InChI is InChI=1S/C27H25F2N7O2S/c1-5-35-12-18(13(2)33-35)17-11-19(24(28)29)31-27-21(17)22(23(39-27)25(30)37)32-26(38)20-14(3)34-36(15(20)4)16-9-7-6-8-10-16/h6-12,24H,5H2,1-4H3,(H2,30,37)(H,32,38). The van der Waals surface area contributed by atoms with Crippen LogP contribution in [0.5, 0.6) is 0 Å². The van der Waals surface area contributed by atoms with Crippen molar-refractivity contribution >= 4 is 39.1 Å². The van der Waals surface area contributed by atoms with Crippen molar-refractivity contribution in [3.05, 3.63) is 75.8 Å². The Labute approximate surface area is 226 Å². The third kappa shape index (κ3) is 4.56. The number of thiophene rings is 1. The van der Waals surface area contributed by atoms with Gasteiger partial charge in [-0.1, -0.05) is 18.2 Å². The Morgan fingerprint density at radius 3 is 2.41 bits per heavy atom. The summed E-state index contributed by atoms with van der Waals surface area (Å²) in [6.07, 6.45) is -1.11. The number of halogens is 2. The first-order valence-electron chi connectivity index (χ1n) is 12.1. The molecule has 0 atom stereocenters. The van der Waals surface area contributed by atoms with E-state index in [-0.39, 0.29) is 15.4 Å². The number of aryl methyl sites for hydroxylation is 3. The molecule has 4 aromatic heterocycles. The lowest BCUT2D eigenvalue weighted by molar-refractivity contribution is 0.100. The minimum absolute atomic E-state index is 0.00445. The maximum atomic E-state index is 13.8. The molecule has 0 fully saturated rings. The van der Waals surface area contributed by atoms with Crippen LogP contribution in [-0.2, 0) is 6.54 Å². The summed E-state index contributed by atoms with van der Waals surface area (Å²) in [5.41, 5.74) is 9.09. The molecule has 5 rings (SSSR count). The molecule has 0 bridgehead atoms. The van der Waals surface area contributed by atoms with Crippen molar-refractivity contribution < 1.29 is 18.4 Å². The molecule has 1 aromatic carbocycles. The second-order valence-corrected chi connectivity index (χ2v) is 9.98. The molecule has 3 N–H and O–H groups in total. The van der Waals surface area contributed by atoms with Crippen LogP contribution in [0.1, 0.15) is 56.2 Å². The first-order valence-corrected chi connectivity index (χ1v) is 12.9. The number of carbonyl (C=O) groups excluding carboxylic acids is 2. The smallest absolute Gasteiger partial charge is 0.280 e. The van der Waals surface area contributed by atoms with Crippen molar-refractivity contribution in [3.63, 3.8) is 0 Å². The van der Waals surface area contributed by atoms with Crippen molar-refractivity contribution in [3.8, 4) is 16.8 Å². The lowest BCUT2D eigenvalue weighted by Gasteiger charge is -2.11. The normalized spacial score (nSPS) is 11.5. The van der Waals surface area contributed by atoms with Gasteiger partial charge in [-0.25, -0.2) is 18.4 Å². The summed E-state index contributed by atoms with van der Waals surface area (Å²) in [5.74, 6) is -1.33. The number of fused-ring (bicyclic) bond motifs is 1. The van der Waals surface area contributed by atoms with E-state index >= 15 is 0 Å². The molecule has 0 radical (unpaired) electrons. The summed E-state index contributed by atoms with van der Waals surface area (Å²) in [6, 6.07) is 10.6. The Morgan fingerprint density at radius 2 is 1.79 bits per heavy atom. The number of primary amides is 1. The zero-order chi connectivity index (χ0) is 28.0. The number of amides is 2. The zero-order valence-corrected chi connectivity index (χ0v) is 22.4. The molecular formula is C27H25F2N7O2S. The van der Waals surface area contributed by atoms with Gasteiger partial charge in [0.1, 0.15) is 15.4 Å². The first kappa shape index (κ1) is 26.2. The molecule has 12 heteroatoms. The lowest BCUT2D eigenvalue weighted by atomic mass is 10.0. The summed E-state index contributed by atoms with van der Waals surface area (Å²) < 4.78 is 31.0. The highest BCUT2D eigenvalue weighted by Crippen LogP contribution is 2.43. The van der Waals surface area contributed by atoms with Crippen molar-refractivity contribution in [2.75, 3.05) is 5.32 Å². The number of rotatable bonds is 7. The number of benzene rings is 1. The number of carbonyl (C=O) groups is 2. The van der Waals surface area contributed by atoms with Gasteiger partial charge in [-0.2, -0.15) is 10.2 Å². The number of pyridine rings is 1. The number of nitrogens with zero attached hydrogens (tertiary/aromatic N) is 5. The van der Waals surface area contributed by atoms with Crippen molar-refractivity contribution in [2.24, 2.45) is 5.73 Å². The largest absolute Gasteiger partial charge is 0.365 e. The second kappa shape index (κ2) is 10.0. The van der Waals surface area contributed by atoms with Crippen LogP contribution in [0.25, 0.3) is 27.0 Å². The Morgan fingerprint density at radius 1 is 1.08 bits per heavy atom. The first-order chi connectivity index (χ1) is 18.6. The minimum Gasteiger partial charge on any atom is -0.365 e. The van der Waals surface area contributed by atoms with Crippen LogP contribution in [0, 0.1) is 20.8 Å². The van der Waals surface area contributed by atoms with Crippen LogP contribution < -0.4 is 11.1 Å². The van der Waals surface area contributed by atoms with Gasteiger partial charge in [0.15, 0.2) is 0 Å². The average Bonchev–Trinajstić information content (AvgIpc) is 3.56. The highest BCUT2D eigenvalue weighted by atomic mass is 32.1. The monoisotopic (exact) mass is 549 g/mol. The lowest BCUT2D eigenvalue weighted by Crippen LogP contribution is -2.18. The van der Waals surface area contributed by atoms with Gasteiger partial charge in [0, 0.05) is 23.7 Å². The van der Waals surface area contributed by atoms with Crippen LogP contribution in [-0.4, -0.2) is 36.4 Å². The molecule has 200 valence electrons. The SMILES string of the molecule is CCn1cc(-c2cc(C(F)F)nc3sc(C(N)=O)c(NC(=O)c4c(C)nn(-c5ccccc5)c4C)c23)c(C)n1. The maximum Gasteiger partial charge on any atom is 0.280 e. The highest BCUT2D eigenvalue weighted by Gasteiger charge is 2.28. The average molecular weight is 550 g/mol. The van der Waals surface area contributed by atoms with Gasteiger partial charge in [0.05, 0.1) is 34.0 Å². The predicted octanol–water partition coefficient (Wildman–Crippen LogP) is 5.58. The van der Waals surface area contributed by atoms with Gasteiger partial charge in [-0.3, -0.25) is 14.3 Å². The van der Waals surface area contributed by atoms with Gasteiger partial charge in [-0.15, -0.1) is 11.3 Å². The summed E-state index contributed by atoms with van der Waals surface area (Å²) in [6.45, 7) is 7.73. The van der Waals surface area contributed by atoms with E-state index in [4.69, 9.17) is 5.73 Å². The second-order valence-electron chi connectivity index (χ2n) is 8.98. The molecule has 0 unspecified atom stereocenters. The van der Waals surface area contributed by atoms with Crippen LogP contribution >= 0.6 is 11.3 Å². The highest BCUT2D eigenvalue weighted by molar-refractivity contribution is 7.21. The van der Waals surface area contributed by atoms with E-state index in [0.29, 0.717) is 45.7 Å². The van der Waals surface area contributed by atoms with Crippen LogP contribution in [0.3, 0.4) is 0 Å². The van der Waals surface area contributed by atoms with Gasteiger partial charge < -0.3 is 11.1 Å². The molecule has 0 saturated carbocycles. The predicted molar refractivity (Wildman–Crippen MR) is 146 cm³/mol. The zero-order valence-electron chi connectivity index (χ0n) is 21.6. The number of nitrogens with one attached hydrogen (secondary N) is 1. The molecule has 0 aliphatic heterocycles. The van der Waals surface area contributed by atoms with E-state index in [0.717, 1.165) is 17.0 Å². The van der Waals surface area contributed by atoms with Gasteiger partial charge >= 0.3 is 0 Å². The molecular weight excluding hydrogens is 524 g/mol. The molecule has 0 saturated heterocycles. The maximum absolute atomic E-state index is 13.8. The van der Waals surface area contributed by atoms with E-state index < -0.39 is 23.9 Å². The van der Waals surface area contributed by atoms with E-state index in [2.05, 4.69) is 20.5 Å². The van der Waals surface area contributed by atoms with Crippen molar-refractivity contribution in [1.29, 1.82) is 0 Å². The summed E-state index contributed by atoms with van der Waals surface area (Å²) in [7, 11) is 0. The van der Waals surface area contributed by atoms with E-state index in [1.54, 1.807) is 36.3 Å². The summed E-state index contributed by atoms with van der Waals surface area (Å²) >= 11 is 0.857. The van der Waals surface area contributed by atoms with Crippen molar-refractivity contribution in [2.45, 2.75) is 40.7 Å². The van der Waals surface area contributed by atoms with E-state index in [1.807, 2.05) is 37.3 Å². The van der Waals surface area contributed by atoms with Crippen molar-refractivity contribution in [1.82, 2.24) is 24.5 Å². The number of aromatic nitrogens is 5. The molecule has 9 nitrogen and oxygen atoms in total. The topological polar surface area (TPSA) is 121 Å². The summed E-state index contributed by atoms with van der Waals surface area (Å²) in [4.78, 5) is 30.4. The molecule has 0 aliphatic carbocycles. The quantitative estimate of drug-likeness (QED) is 0.275. The number of hydrogen-bond donors (Lipinski definition) is 2. The molecule has 0 aliphatic rings. The molecule has 0 spiro atoms. The Hall–Kier alpha value is -4.45. The van der Waals surface area contributed by atoms with Gasteiger partial charge in [0.25, 0.3) is 18.2 Å². The molecule has 4 heterocycles. The molecule has 5 aromatic rings. The number of nitrogens with two attached hydrogens (primary N) is 1. The fourth-order valence-electron chi connectivity index (χ4n) is 4.65. The van der Waals surface area contributed by atoms with Crippen LogP contribution in [0.4, 0.5) is 14.5 Å².